The first-order chi connectivity index (χ1) is 10.3. The first-order valence-corrected chi connectivity index (χ1v) is 8.23. The predicted octanol–water partition coefficient (Wildman–Crippen LogP) is 1.57. The lowest BCUT2D eigenvalue weighted by Gasteiger charge is -2.17. The fraction of sp³-hybridized carbons (Fsp3) is 0.200. The molecule has 0 amide bonds. The van der Waals surface area contributed by atoms with Gasteiger partial charge in [-0.05, 0) is 54.3 Å². The Labute approximate surface area is 127 Å². The molecule has 0 aliphatic rings. The number of rotatable bonds is 5. The second-order valence-corrected chi connectivity index (χ2v) is 6.58. The highest BCUT2D eigenvalue weighted by Gasteiger charge is 2.25. The van der Waals surface area contributed by atoms with Crippen molar-refractivity contribution in [2.24, 2.45) is 0 Å². The molecule has 22 heavy (non-hydrogen) atoms. The standard InChI is InChI=1S/C15H17O6P/c16-11-3-1-2-10(8-11)4-6-14(18)13-9-12(17)5-7-15(13)22(19,20)21/h1-3,5,7-9,14,16-18H,4,6H2,(H2,19,20,21). The maximum atomic E-state index is 11.5. The van der Waals surface area contributed by atoms with E-state index in [1.807, 2.05) is 0 Å². The topological polar surface area (TPSA) is 118 Å². The normalized spacial score (nSPS) is 13.0. The van der Waals surface area contributed by atoms with E-state index in [9.17, 15) is 29.7 Å². The third-order valence-corrected chi connectivity index (χ3v) is 4.34. The van der Waals surface area contributed by atoms with Crippen molar-refractivity contribution >= 4 is 12.9 Å². The molecule has 0 aliphatic carbocycles. The summed E-state index contributed by atoms with van der Waals surface area (Å²) < 4.78 is 11.5. The van der Waals surface area contributed by atoms with Gasteiger partial charge in [0.05, 0.1) is 11.4 Å². The van der Waals surface area contributed by atoms with Crippen LogP contribution in [0.3, 0.4) is 0 Å². The molecule has 0 bridgehead atoms. The number of aromatic hydroxyl groups is 2. The van der Waals surface area contributed by atoms with E-state index in [0.717, 1.165) is 17.7 Å². The van der Waals surface area contributed by atoms with Crippen molar-refractivity contribution in [3.63, 3.8) is 0 Å². The van der Waals surface area contributed by atoms with Crippen LogP contribution in [-0.4, -0.2) is 25.1 Å². The van der Waals surface area contributed by atoms with Crippen molar-refractivity contribution in [3.05, 3.63) is 53.6 Å². The predicted molar refractivity (Wildman–Crippen MR) is 81.2 cm³/mol. The molecular formula is C15H17O6P. The molecule has 118 valence electrons. The van der Waals surface area contributed by atoms with Crippen molar-refractivity contribution in [1.29, 1.82) is 0 Å². The van der Waals surface area contributed by atoms with Crippen LogP contribution in [0, 0.1) is 0 Å². The molecule has 0 saturated carbocycles. The van der Waals surface area contributed by atoms with E-state index in [4.69, 9.17) is 0 Å². The van der Waals surface area contributed by atoms with Crippen molar-refractivity contribution in [2.45, 2.75) is 18.9 Å². The SMILES string of the molecule is O=P(O)(O)c1ccc(O)cc1C(O)CCc1cccc(O)c1. The largest absolute Gasteiger partial charge is 0.508 e. The summed E-state index contributed by atoms with van der Waals surface area (Å²) in [6.07, 6.45) is -0.539. The van der Waals surface area contributed by atoms with Crippen LogP contribution in [0.25, 0.3) is 0 Å². The second-order valence-electron chi connectivity index (χ2n) is 5.01. The Balaban J connectivity index is 2.20. The van der Waals surface area contributed by atoms with Gasteiger partial charge in [0, 0.05) is 0 Å². The van der Waals surface area contributed by atoms with Crippen LogP contribution in [0.4, 0.5) is 0 Å². The minimum Gasteiger partial charge on any atom is -0.508 e. The molecule has 2 rings (SSSR count). The third kappa shape index (κ3) is 4.08. The number of phenolic OH excluding ortho intramolecular Hbond substituents is 2. The Morgan fingerprint density at radius 3 is 2.32 bits per heavy atom. The van der Waals surface area contributed by atoms with Crippen LogP contribution in [0.15, 0.2) is 42.5 Å². The van der Waals surface area contributed by atoms with Gasteiger partial charge >= 0.3 is 7.60 Å². The minimum absolute atomic E-state index is 0.00786. The minimum atomic E-state index is -4.54. The highest BCUT2D eigenvalue weighted by atomic mass is 31.2. The van der Waals surface area contributed by atoms with Gasteiger partial charge in [-0.1, -0.05) is 12.1 Å². The van der Waals surface area contributed by atoms with E-state index in [1.54, 1.807) is 18.2 Å². The number of hydrogen-bond donors (Lipinski definition) is 5. The maximum Gasteiger partial charge on any atom is 0.356 e. The molecule has 0 aromatic heterocycles. The highest BCUT2D eigenvalue weighted by molar-refractivity contribution is 7.60. The first-order valence-electron chi connectivity index (χ1n) is 6.62. The molecule has 2 aromatic carbocycles. The lowest BCUT2D eigenvalue weighted by molar-refractivity contribution is 0.168. The maximum absolute atomic E-state index is 11.5. The molecule has 0 spiro atoms. The molecule has 1 unspecified atom stereocenters. The summed E-state index contributed by atoms with van der Waals surface area (Å²) in [6.45, 7) is 0. The summed E-state index contributed by atoms with van der Waals surface area (Å²) >= 11 is 0. The van der Waals surface area contributed by atoms with Gasteiger partial charge in [-0.3, -0.25) is 4.57 Å². The summed E-state index contributed by atoms with van der Waals surface area (Å²) in [7, 11) is -4.54. The molecule has 0 fully saturated rings. The van der Waals surface area contributed by atoms with Gasteiger partial charge < -0.3 is 25.1 Å². The van der Waals surface area contributed by atoms with Crippen LogP contribution >= 0.6 is 7.60 Å². The van der Waals surface area contributed by atoms with E-state index in [2.05, 4.69) is 0 Å². The molecule has 0 aliphatic heterocycles. The Morgan fingerprint density at radius 2 is 1.68 bits per heavy atom. The Hall–Kier alpha value is -1.85. The zero-order chi connectivity index (χ0) is 16.3. The lowest BCUT2D eigenvalue weighted by Crippen LogP contribution is -2.15. The molecule has 6 nitrogen and oxygen atoms in total. The number of aryl methyl sites for hydroxylation is 1. The molecule has 0 saturated heterocycles. The van der Waals surface area contributed by atoms with Gasteiger partial charge in [-0.15, -0.1) is 0 Å². The average molecular weight is 324 g/mol. The van der Waals surface area contributed by atoms with E-state index in [0.29, 0.717) is 6.42 Å². The summed E-state index contributed by atoms with van der Waals surface area (Å²) in [4.78, 5) is 18.6. The van der Waals surface area contributed by atoms with Gasteiger partial charge in [0.25, 0.3) is 0 Å². The monoisotopic (exact) mass is 324 g/mol. The molecule has 2 aromatic rings. The van der Waals surface area contributed by atoms with E-state index in [-0.39, 0.29) is 28.8 Å². The van der Waals surface area contributed by atoms with E-state index >= 15 is 0 Å². The summed E-state index contributed by atoms with van der Waals surface area (Å²) in [6, 6.07) is 9.97. The molecule has 1 atom stereocenters. The quantitative estimate of drug-likeness (QED) is 0.533. The molecule has 5 N–H and O–H groups in total. The highest BCUT2D eigenvalue weighted by Crippen LogP contribution is 2.38. The number of phenols is 2. The lowest BCUT2D eigenvalue weighted by atomic mass is 10.0. The second kappa shape index (κ2) is 6.50. The average Bonchev–Trinajstić information content (AvgIpc) is 2.43. The van der Waals surface area contributed by atoms with E-state index < -0.39 is 13.7 Å². The van der Waals surface area contributed by atoms with Crippen molar-refractivity contribution < 1.29 is 29.7 Å². The van der Waals surface area contributed by atoms with Gasteiger partial charge in [0.15, 0.2) is 0 Å². The fourth-order valence-electron chi connectivity index (χ4n) is 2.24. The summed E-state index contributed by atoms with van der Waals surface area (Å²) in [5, 5.41) is 28.8. The smallest absolute Gasteiger partial charge is 0.356 e. The van der Waals surface area contributed by atoms with Crippen molar-refractivity contribution in [1.82, 2.24) is 0 Å². The van der Waals surface area contributed by atoms with Crippen LogP contribution in [-0.2, 0) is 11.0 Å². The third-order valence-electron chi connectivity index (χ3n) is 3.30. The number of hydrogen-bond acceptors (Lipinski definition) is 4. The number of benzene rings is 2. The molecular weight excluding hydrogens is 307 g/mol. The van der Waals surface area contributed by atoms with Gasteiger partial charge in [-0.2, -0.15) is 0 Å². The van der Waals surface area contributed by atoms with E-state index in [1.165, 1.54) is 12.1 Å². The zero-order valence-corrected chi connectivity index (χ0v) is 12.5. The zero-order valence-electron chi connectivity index (χ0n) is 11.6. The van der Waals surface area contributed by atoms with Crippen LogP contribution in [0.2, 0.25) is 0 Å². The van der Waals surface area contributed by atoms with Gasteiger partial charge in [0.2, 0.25) is 0 Å². The number of aliphatic hydroxyl groups is 1. The first kappa shape index (κ1) is 16.5. The molecule has 7 heteroatoms. The van der Waals surface area contributed by atoms with Gasteiger partial charge in [0.1, 0.15) is 11.5 Å². The fourth-order valence-corrected chi connectivity index (χ4v) is 3.06. The molecule has 0 radical (unpaired) electrons. The summed E-state index contributed by atoms with van der Waals surface area (Å²) in [5.74, 6) is -0.0659. The summed E-state index contributed by atoms with van der Waals surface area (Å²) in [5.41, 5.74) is 0.797. The van der Waals surface area contributed by atoms with Crippen molar-refractivity contribution in [2.75, 3.05) is 0 Å². The molecule has 0 heterocycles. The Morgan fingerprint density at radius 1 is 1.00 bits per heavy atom. The van der Waals surface area contributed by atoms with Gasteiger partial charge in [-0.25, -0.2) is 0 Å². The Bertz CT molecular complexity index is 709. The number of aliphatic hydroxyl groups excluding tert-OH is 1. The van der Waals surface area contributed by atoms with Crippen LogP contribution in [0.5, 0.6) is 11.5 Å². The van der Waals surface area contributed by atoms with Crippen LogP contribution < -0.4 is 5.30 Å². The Kier molecular flexibility index (Phi) is 4.88. The van der Waals surface area contributed by atoms with Crippen molar-refractivity contribution in [3.8, 4) is 11.5 Å². The van der Waals surface area contributed by atoms with Crippen LogP contribution in [0.1, 0.15) is 23.7 Å².